The maximum Gasteiger partial charge on any atom is 0.204 e. The molecule has 0 fully saturated rings. The van der Waals surface area contributed by atoms with Crippen molar-refractivity contribution in [1.82, 2.24) is 0 Å². The van der Waals surface area contributed by atoms with Crippen molar-refractivity contribution in [2.45, 2.75) is 13.8 Å². The van der Waals surface area contributed by atoms with Crippen LogP contribution in [0.15, 0.2) is 29.6 Å². The van der Waals surface area contributed by atoms with Gasteiger partial charge in [-0.15, -0.1) is 11.3 Å². The average molecular weight is 251 g/mol. The number of rotatable bonds is 2. The fourth-order valence-electron chi connectivity index (χ4n) is 1.42. The molecule has 0 aliphatic heterocycles. The summed E-state index contributed by atoms with van der Waals surface area (Å²) in [6, 6.07) is 7.54. The minimum atomic E-state index is 0.00287. The molecule has 16 heavy (non-hydrogen) atoms. The first-order valence-electron chi connectivity index (χ1n) is 4.94. The van der Waals surface area contributed by atoms with E-state index in [9.17, 15) is 4.79 Å². The zero-order valence-electron chi connectivity index (χ0n) is 9.08. The van der Waals surface area contributed by atoms with Crippen molar-refractivity contribution >= 4 is 28.7 Å². The summed E-state index contributed by atoms with van der Waals surface area (Å²) in [5, 5.41) is 2.49. The first-order valence-corrected chi connectivity index (χ1v) is 6.20. The van der Waals surface area contributed by atoms with Crippen LogP contribution in [0.25, 0.3) is 0 Å². The number of hydrogen-bond donors (Lipinski definition) is 0. The minimum Gasteiger partial charge on any atom is -0.288 e. The van der Waals surface area contributed by atoms with Crippen molar-refractivity contribution < 1.29 is 4.79 Å². The van der Waals surface area contributed by atoms with Gasteiger partial charge in [-0.05, 0) is 24.8 Å². The maximum absolute atomic E-state index is 12.1. The van der Waals surface area contributed by atoms with Gasteiger partial charge in [-0.2, -0.15) is 0 Å². The number of carbonyl (C=O) groups is 1. The van der Waals surface area contributed by atoms with Crippen LogP contribution in [0.2, 0.25) is 5.02 Å². The second-order valence-corrected chi connectivity index (χ2v) is 5.01. The fraction of sp³-hybridized carbons (Fsp3) is 0.154. The maximum atomic E-state index is 12.1. The highest BCUT2D eigenvalue weighted by atomic mass is 35.5. The van der Waals surface area contributed by atoms with E-state index < -0.39 is 0 Å². The van der Waals surface area contributed by atoms with E-state index >= 15 is 0 Å². The van der Waals surface area contributed by atoms with E-state index in [1.165, 1.54) is 11.3 Å². The summed E-state index contributed by atoms with van der Waals surface area (Å²) in [6.07, 6.45) is 0. The largest absolute Gasteiger partial charge is 0.288 e. The standard InChI is InChI=1S/C13H11ClOS/c1-8-3-5-10(6-4-8)12(15)13-11(14)9(2)7-16-13/h3-7H,1-2H3. The van der Waals surface area contributed by atoms with Crippen LogP contribution >= 0.6 is 22.9 Å². The molecule has 1 aromatic heterocycles. The second kappa shape index (κ2) is 4.40. The highest BCUT2D eigenvalue weighted by molar-refractivity contribution is 7.13. The molecule has 2 aromatic rings. The number of ketones is 1. The van der Waals surface area contributed by atoms with Gasteiger partial charge in [0.1, 0.15) is 0 Å². The average Bonchev–Trinajstić information content (AvgIpc) is 2.60. The summed E-state index contributed by atoms with van der Waals surface area (Å²) in [5.41, 5.74) is 2.79. The number of carbonyl (C=O) groups excluding carboxylic acids is 1. The molecule has 1 aromatic carbocycles. The highest BCUT2D eigenvalue weighted by Gasteiger charge is 2.15. The summed E-state index contributed by atoms with van der Waals surface area (Å²) in [5.74, 6) is 0.00287. The van der Waals surface area contributed by atoms with Crippen LogP contribution in [0.5, 0.6) is 0 Å². The Balaban J connectivity index is 2.39. The molecular weight excluding hydrogens is 240 g/mol. The molecule has 0 aliphatic rings. The Morgan fingerprint density at radius 1 is 1.19 bits per heavy atom. The fourth-order valence-corrected chi connectivity index (χ4v) is 2.66. The molecule has 0 N–H and O–H groups in total. The highest BCUT2D eigenvalue weighted by Crippen LogP contribution is 2.29. The van der Waals surface area contributed by atoms with Crippen LogP contribution in [0.1, 0.15) is 26.4 Å². The lowest BCUT2D eigenvalue weighted by Crippen LogP contribution is -1.99. The van der Waals surface area contributed by atoms with Gasteiger partial charge in [0.05, 0.1) is 9.90 Å². The van der Waals surface area contributed by atoms with Gasteiger partial charge in [0.25, 0.3) is 0 Å². The van der Waals surface area contributed by atoms with Crippen LogP contribution < -0.4 is 0 Å². The molecule has 1 nitrogen and oxygen atoms in total. The normalized spacial score (nSPS) is 10.4. The molecule has 2 rings (SSSR count). The number of aryl methyl sites for hydroxylation is 2. The third-order valence-electron chi connectivity index (χ3n) is 2.42. The van der Waals surface area contributed by atoms with E-state index in [0.29, 0.717) is 15.5 Å². The first-order chi connectivity index (χ1) is 7.59. The summed E-state index contributed by atoms with van der Waals surface area (Å²) >= 11 is 7.48. The second-order valence-electron chi connectivity index (χ2n) is 3.76. The molecule has 0 unspecified atom stereocenters. The zero-order valence-corrected chi connectivity index (χ0v) is 10.7. The molecule has 0 bridgehead atoms. The number of benzene rings is 1. The summed E-state index contributed by atoms with van der Waals surface area (Å²) < 4.78 is 0. The quantitative estimate of drug-likeness (QED) is 0.729. The minimum absolute atomic E-state index is 0.00287. The van der Waals surface area contributed by atoms with Crippen molar-refractivity contribution in [3.05, 3.63) is 56.2 Å². The molecule has 0 radical (unpaired) electrons. The summed E-state index contributed by atoms with van der Waals surface area (Å²) in [7, 11) is 0. The van der Waals surface area contributed by atoms with Crippen LogP contribution in [0, 0.1) is 13.8 Å². The van der Waals surface area contributed by atoms with Gasteiger partial charge in [-0.25, -0.2) is 0 Å². The van der Waals surface area contributed by atoms with Gasteiger partial charge in [0.2, 0.25) is 5.78 Å². The molecule has 82 valence electrons. The first kappa shape index (κ1) is 11.4. The van der Waals surface area contributed by atoms with Crippen LogP contribution in [-0.4, -0.2) is 5.78 Å². The Labute approximate surface area is 104 Å². The van der Waals surface area contributed by atoms with E-state index in [1.54, 1.807) is 0 Å². The van der Waals surface area contributed by atoms with Crippen LogP contribution in [-0.2, 0) is 0 Å². The van der Waals surface area contributed by atoms with E-state index in [2.05, 4.69) is 0 Å². The Morgan fingerprint density at radius 2 is 1.81 bits per heavy atom. The third kappa shape index (κ3) is 2.04. The smallest absolute Gasteiger partial charge is 0.204 e. The zero-order chi connectivity index (χ0) is 11.7. The van der Waals surface area contributed by atoms with Crippen molar-refractivity contribution in [3.63, 3.8) is 0 Å². The van der Waals surface area contributed by atoms with E-state index in [0.717, 1.165) is 11.1 Å². The predicted molar refractivity (Wildman–Crippen MR) is 68.7 cm³/mol. The lowest BCUT2D eigenvalue weighted by atomic mass is 10.1. The molecule has 0 aliphatic carbocycles. The molecule has 1 heterocycles. The lowest BCUT2D eigenvalue weighted by molar-refractivity contribution is 0.104. The molecule has 3 heteroatoms. The van der Waals surface area contributed by atoms with Gasteiger partial charge in [-0.1, -0.05) is 41.4 Å². The van der Waals surface area contributed by atoms with Gasteiger partial charge in [-0.3, -0.25) is 4.79 Å². The van der Waals surface area contributed by atoms with Crippen molar-refractivity contribution in [2.75, 3.05) is 0 Å². The summed E-state index contributed by atoms with van der Waals surface area (Å²) in [4.78, 5) is 12.7. The molecule has 0 spiro atoms. The van der Waals surface area contributed by atoms with Crippen molar-refractivity contribution in [3.8, 4) is 0 Å². The van der Waals surface area contributed by atoms with Crippen molar-refractivity contribution in [2.24, 2.45) is 0 Å². The van der Waals surface area contributed by atoms with Gasteiger partial charge >= 0.3 is 0 Å². The van der Waals surface area contributed by atoms with Gasteiger partial charge in [0.15, 0.2) is 0 Å². The number of thiophene rings is 1. The van der Waals surface area contributed by atoms with Crippen LogP contribution in [0.3, 0.4) is 0 Å². The van der Waals surface area contributed by atoms with Gasteiger partial charge in [0, 0.05) is 5.56 Å². The summed E-state index contributed by atoms with van der Waals surface area (Å²) in [6.45, 7) is 3.90. The van der Waals surface area contributed by atoms with E-state index in [1.807, 2.05) is 43.5 Å². The molecule has 0 amide bonds. The lowest BCUT2D eigenvalue weighted by Gasteiger charge is -2.00. The van der Waals surface area contributed by atoms with Gasteiger partial charge < -0.3 is 0 Å². The molecule has 0 saturated heterocycles. The Hall–Kier alpha value is -1.12. The Bertz CT molecular complexity index is 525. The van der Waals surface area contributed by atoms with E-state index in [-0.39, 0.29) is 5.78 Å². The predicted octanol–water partition coefficient (Wildman–Crippen LogP) is 4.25. The monoisotopic (exact) mass is 250 g/mol. The Kier molecular flexibility index (Phi) is 3.13. The van der Waals surface area contributed by atoms with Crippen molar-refractivity contribution in [1.29, 1.82) is 0 Å². The topological polar surface area (TPSA) is 17.1 Å². The third-order valence-corrected chi connectivity index (χ3v) is 4.11. The molecule has 0 saturated carbocycles. The SMILES string of the molecule is Cc1ccc(C(=O)c2scc(C)c2Cl)cc1. The van der Waals surface area contributed by atoms with Crippen LogP contribution in [0.4, 0.5) is 0 Å². The number of hydrogen-bond acceptors (Lipinski definition) is 2. The number of halogens is 1. The molecule has 0 atom stereocenters. The Morgan fingerprint density at radius 3 is 2.31 bits per heavy atom. The van der Waals surface area contributed by atoms with E-state index in [4.69, 9.17) is 11.6 Å². The molecular formula is C13H11ClOS.